The van der Waals surface area contributed by atoms with Crippen molar-refractivity contribution >= 4 is 62.2 Å². The second-order valence-electron chi connectivity index (χ2n) is 5.80. The molecule has 0 unspecified atom stereocenters. The van der Waals surface area contributed by atoms with E-state index in [4.69, 9.17) is 34.2 Å². The van der Waals surface area contributed by atoms with Crippen molar-refractivity contribution in [1.29, 1.82) is 5.26 Å². The van der Waals surface area contributed by atoms with Crippen molar-refractivity contribution in [2.75, 3.05) is 11.1 Å². The van der Waals surface area contributed by atoms with Gasteiger partial charge in [0.2, 0.25) is 0 Å². The maximum absolute atomic E-state index is 9.06. The molecule has 4 rings (SSSR count). The monoisotopic (exact) mass is 427 g/mol. The lowest BCUT2D eigenvalue weighted by Gasteiger charge is -2.06. The minimum atomic E-state index is 0.364. The molecule has 0 aliphatic carbocycles. The van der Waals surface area contributed by atoms with Gasteiger partial charge in [0.25, 0.3) is 0 Å². The largest absolute Gasteiger partial charge is 0.384 e. The Balaban J connectivity index is 1.81. The highest BCUT2D eigenvalue weighted by Crippen LogP contribution is 2.41. The van der Waals surface area contributed by atoms with Gasteiger partial charge < -0.3 is 11.1 Å². The van der Waals surface area contributed by atoms with E-state index in [1.807, 2.05) is 6.07 Å². The molecule has 7 nitrogen and oxygen atoms in total. The molecule has 0 bridgehead atoms. The van der Waals surface area contributed by atoms with Gasteiger partial charge >= 0.3 is 0 Å². The molecule has 28 heavy (non-hydrogen) atoms. The Kier molecular flexibility index (Phi) is 4.73. The lowest BCUT2D eigenvalue weighted by Crippen LogP contribution is -2.01. The number of aromatic nitrogens is 4. The number of fused-ring (bicyclic) bond motifs is 1. The third kappa shape index (κ3) is 3.43. The minimum Gasteiger partial charge on any atom is -0.384 e. The van der Waals surface area contributed by atoms with Gasteiger partial charge in [-0.1, -0.05) is 23.2 Å². The Morgan fingerprint density at radius 2 is 1.89 bits per heavy atom. The van der Waals surface area contributed by atoms with Crippen LogP contribution < -0.4 is 11.1 Å². The number of anilines is 3. The Labute approximate surface area is 173 Å². The van der Waals surface area contributed by atoms with Crippen molar-refractivity contribution in [3.63, 3.8) is 0 Å². The number of hydrogen-bond donors (Lipinski definition) is 2. The highest BCUT2D eigenvalue weighted by Gasteiger charge is 2.17. The number of pyridine rings is 1. The molecule has 0 radical (unpaired) electrons. The molecular formula is C18H11Cl2N7S. The van der Waals surface area contributed by atoms with Crippen molar-refractivity contribution in [2.24, 2.45) is 0 Å². The molecule has 3 aromatic heterocycles. The van der Waals surface area contributed by atoms with E-state index in [-0.39, 0.29) is 0 Å². The van der Waals surface area contributed by atoms with Gasteiger partial charge in [0.15, 0.2) is 5.82 Å². The normalized spacial score (nSPS) is 10.8. The van der Waals surface area contributed by atoms with Crippen molar-refractivity contribution in [2.45, 2.75) is 6.92 Å². The lowest BCUT2D eigenvalue weighted by molar-refractivity contribution is 1.06. The van der Waals surface area contributed by atoms with Gasteiger partial charge in [0.05, 0.1) is 31.9 Å². The zero-order chi connectivity index (χ0) is 19.8. The number of nitrogens with one attached hydrogen (secondary N) is 1. The number of nitrogens with two attached hydrogens (primary N) is 1. The van der Waals surface area contributed by atoms with Crippen LogP contribution in [-0.2, 0) is 0 Å². The van der Waals surface area contributed by atoms with Gasteiger partial charge in [0, 0.05) is 17.8 Å². The molecule has 138 valence electrons. The van der Waals surface area contributed by atoms with Gasteiger partial charge in [0.1, 0.15) is 22.5 Å². The quantitative estimate of drug-likeness (QED) is 0.474. The van der Waals surface area contributed by atoms with Crippen LogP contribution in [0.15, 0.2) is 30.5 Å². The first-order chi connectivity index (χ1) is 13.4. The molecule has 0 fully saturated rings. The number of nitriles is 1. The molecule has 0 atom stereocenters. The van der Waals surface area contributed by atoms with Crippen LogP contribution >= 0.6 is 34.5 Å². The summed E-state index contributed by atoms with van der Waals surface area (Å²) in [6, 6.07) is 8.59. The summed E-state index contributed by atoms with van der Waals surface area (Å²) in [6.07, 6.45) is 1.65. The molecular weight excluding hydrogens is 417 g/mol. The second-order valence-corrected chi connectivity index (χ2v) is 7.62. The van der Waals surface area contributed by atoms with E-state index in [0.717, 1.165) is 10.2 Å². The van der Waals surface area contributed by atoms with E-state index in [2.05, 4.69) is 25.3 Å². The Hall–Kier alpha value is -2.99. The molecule has 1 aromatic carbocycles. The minimum absolute atomic E-state index is 0.364. The molecule has 3 N–H and O–H groups in total. The standard InChI is InChI=1S/C18H11Cl2N7S/c1-8-24-13(22)6-14(25-8)27-17-16-12(2-3-23-17)26-18(28-16)15-10(19)4-9(7-21)5-11(15)20/h2-6H,1H3,(H3,22,23,24,25,27). The maximum atomic E-state index is 9.06. The van der Waals surface area contributed by atoms with Crippen LogP contribution in [0.2, 0.25) is 10.0 Å². The molecule has 0 spiro atoms. The van der Waals surface area contributed by atoms with Crippen LogP contribution in [0.3, 0.4) is 0 Å². The number of aryl methyl sites for hydroxylation is 1. The highest BCUT2D eigenvalue weighted by molar-refractivity contribution is 7.22. The van der Waals surface area contributed by atoms with Gasteiger partial charge in [-0.05, 0) is 25.1 Å². The van der Waals surface area contributed by atoms with E-state index < -0.39 is 0 Å². The van der Waals surface area contributed by atoms with Crippen LogP contribution in [0.5, 0.6) is 0 Å². The molecule has 0 saturated carbocycles. The molecule has 0 aliphatic rings. The van der Waals surface area contributed by atoms with E-state index >= 15 is 0 Å². The van der Waals surface area contributed by atoms with E-state index in [1.165, 1.54) is 11.3 Å². The van der Waals surface area contributed by atoms with E-state index in [1.54, 1.807) is 37.4 Å². The average Bonchev–Trinajstić information content (AvgIpc) is 3.05. The summed E-state index contributed by atoms with van der Waals surface area (Å²) >= 11 is 14.1. The van der Waals surface area contributed by atoms with Crippen LogP contribution in [0.1, 0.15) is 11.4 Å². The summed E-state index contributed by atoms with van der Waals surface area (Å²) in [5, 5.41) is 13.6. The first-order valence-electron chi connectivity index (χ1n) is 7.98. The van der Waals surface area contributed by atoms with Gasteiger partial charge in [-0.25, -0.2) is 19.9 Å². The van der Waals surface area contributed by atoms with Crippen LogP contribution in [0, 0.1) is 18.3 Å². The fourth-order valence-electron chi connectivity index (χ4n) is 2.67. The van der Waals surface area contributed by atoms with Crippen molar-refractivity contribution in [1.82, 2.24) is 19.9 Å². The molecule has 0 amide bonds. The van der Waals surface area contributed by atoms with Gasteiger partial charge in [-0.2, -0.15) is 5.26 Å². The van der Waals surface area contributed by atoms with Crippen LogP contribution in [0.4, 0.5) is 17.5 Å². The summed E-state index contributed by atoms with van der Waals surface area (Å²) in [5.74, 6) is 2.04. The first-order valence-corrected chi connectivity index (χ1v) is 9.55. The molecule has 4 aromatic rings. The second kappa shape index (κ2) is 7.20. The third-order valence-corrected chi connectivity index (χ3v) is 5.49. The topological polar surface area (TPSA) is 113 Å². The smallest absolute Gasteiger partial charge is 0.151 e. The number of hydrogen-bond acceptors (Lipinski definition) is 8. The Morgan fingerprint density at radius 3 is 2.57 bits per heavy atom. The van der Waals surface area contributed by atoms with Crippen LogP contribution in [-0.4, -0.2) is 19.9 Å². The average molecular weight is 428 g/mol. The summed E-state index contributed by atoms with van der Waals surface area (Å²) in [7, 11) is 0. The molecule has 0 aliphatic heterocycles. The molecule has 0 saturated heterocycles. The summed E-state index contributed by atoms with van der Waals surface area (Å²) < 4.78 is 0.809. The lowest BCUT2D eigenvalue weighted by atomic mass is 10.1. The van der Waals surface area contributed by atoms with Crippen molar-refractivity contribution in [3.05, 3.63) is 51.9 Å². The fourth-order valence-corrected chi connectivity index (χ4v) is 4.53. The van der Waals surface area contributed by atoms with E-state index in [0.29, 0.717) is 49.5 Å². The summed E-state index contributed by atoms with van der Waals surface area (Å²) in [6.45, 7) is 1.76. The molecule has 3 heterocycles. The maximum Gasteiger partial charge on any atom is 0.151 e. The first kappa shape index (κ1) is 18.4. The van der Waals surface area contributed by atoms with Gasteiger partial charge in [-0.3, -0.25) is 0 Å². The number of benzene rings is 1. The van der Waals surface area contributed by atoms with Crippen molar-refractivity contribution in [3.8, 4) is 16.6 Å². The Bertz CT molecular complexity index is 1220. The fraction of sp³-hybridized carbons (Fsp3) is 0.0556. The number of thiazole rings is 1. The number of nitrogens with zero attached hydrogens (tertiary/aromatic N) is 5. The predicted octanol–water partition coefficient (Wildman–Crippen LogP) is 4.96. The Morgan fingerprint density at radius 1 is 1.14 bits per heavy atom. The van der Waals surface area contributed by atoms with Crippen molar-refractivity contribution < 1.29 is 0 Å². The number of rotatable bonds is 3. The predicted molar refractivity (Wildman–Crippen MR) is 112 cm³/mol. The zero-order valence-electron chi connectivity index (χ0n) is 14.4. The summed E-state index contributed by atoms with van der Waals surface area (Å²) in [4.78, 5) is 17.4. The summed E-state index contributed by atoms with van der Waals surface area (Å²) in [5.41, 5.74) is 7.49. The number of halogens is 2. The molecule has 10 heteroatoms. The number of nitrogen functional groups attached to an aromatic ring is 1. The highest BCUT2D eigenvalue weighted by atomic mass is 35.5. The SMILES string of the molecule is Cc1nc(N)cc(Nc2nccc3nc(-c4c(Cl)cc(C#N)cc4Cl)sc23)n1. The zero-order valence-corrected chi connectivity index (χ0v) is 16.7. The van der Waals surface area contributed by atoms with E-state index in [9.17, 15) is 0 Å². The third-order valence-electron chi connectivity index (χ3n) is 3.79. The van der Waals surface area contributed by atoms with Crippen LogP contribution in [0.25, 0.3) is 20.8 Å². The van der Waals surface area contributed by atoms with Gasteiger partial charge in [-0.15, -0.1) is 11.3 Å².